The van der Waals surface area contributed by atoms with Crippen molar-refractivity contribution in [3.63, 3.8) is 0 Å². The van der Waals surface area contributed by atoms with Crippen LogP contribution in [0.1, 0.15) is 31.8 Å². The number of carboxylic acid groups (broad SMARTS) is 1. The number of nitrogens with one attached hydrogen (secondary N) is 1. The van der Waals surface area contributed by atoms with E-state index in [1.165, 1.54) is 25.5 Å². The molecule has 23 heavy (non-hydrogen) atoms. The van der Waals surface area contributed by atoms with Crippen molar-refractivity contribution in [2.45, 2.75) is 6.92 Å². The molecule has 0 aromatic heterocycles. The number of carboxylic acids is 1. The molecule has 0 radical (unpaired) electrons. The van der Waals surface area contributed by atoms with E-state index < -0.39 is 5.97 Å². The summed E-state index contributed by atoms with van der Waals surface area (Å²) in [7, 11) is 1.40. The minimum atomic E-state index is -1.10. The van der Waals surface area contributed by atoms with Gasteiger partial charge in [-0.25, -0.2) is 10.2 Å². The van der Waals surface area contributed by atoms with Crippen LogP contribution in [0.15, 0.2) is 47.6 Å². The number of carbonyl (C=O) groups excluding carboxylic acids is 1. The van der Waals surface area contributed by atoms with E-state index in [9.17, 15) is 9.59 Å². The molecule has 2 aromatic carbocycles. The monoisotopic (exact) mass is 312 g/mol. The summed E-state index contributed by atoms with van der Waals surface area (Å²) < 4.78 is 4.98. The number of hydrazone groups is 1. The molecule has 0 fully saturated rings. The zero-order valence-corrected chi connectivity index (χ0v) is 12.7. The highest BCUT2D eigenvalue weighted by atomic mass is 16.5. The molecule has 0 bridgehead atoms. The van der Waals surface area contributed by atoms with E-state index >= 15 is 0 Å². The first kappa shape index (κ1) is 16.2. The number of methoxy groups -OCH3 is 1. The topological polar surface area (TPSA) is 88.0 Å². The van der Waals surface area contributed by atoms with Crippen molar-refractivity contribution in [3.8, 4) is 5.75 Å². The number of hydrogen-bond donors (Lipinski definition) is 2. The Bertz CT molecular complexity index is 769. The molecular weight excluding hydrogens is 296 g/mol. The fourth-order valence-corrected chi connectivity index (χ4v) is 1.99. The molecule has 0 saturated carbocycles. The summed E-state index contributed by atoms with van der Waals surface area (Å²) in [5.74, 6) is -1.17. The first-order valence-corrected chi connectivity index (χ1v) is 6.82. The Balaban J connectivity index is 2.10. The zero-order valence-electron chi connectivity index (χ0n) is 12.7. The molecule has 0 atom stereocenters. The summed E-state index contributed by atoms with van der Waals surface area (Å²) in [6.07, 6.45) is 1.37. The van der Waals surface area contributed by atoms with Crippen LogP contribution in [-0.4, -0.2) is 30.3 Å². The van der Waals surface area contributed by atoms with Gasteiger partial charge in [-0.3, -0.25) is 4.79 Å². The molecular formula is C17H16N2O4. The summed E-state index contributed by atoms with van der Waals surface area (Å²) in [5.41, 5.74) is 4.45. The number of amides is 1. The van der Waals surface area contributed by atoms with E-state index in [4.69, 9.17) is 9.84 Å². The second-order valence-corrected chi connectivity index (χ2v) is 4.83. The molecule has 0 unspecified atom stereocenters. The average molecular weight is 312 g/mol. The van der Waals surface area contributed by atoms with Crippen molar-refractivity contribution in [1.82, 2.24) is 5.43 Å². The van der Waals surface area contributed by atoms with Crippen molar-refractivity contribution >= 4 is 18.1 Å². The van der Waals surface area contributed by atoms with Crippen LogP contribution in [0.3, 0.4) is 0 Å². The highest BCUT2D eigenvalue weighted by molar-refractivity contribution is 5.96. The summed E-state index contributed by atoms with van der Waals surface area (Å²) in [4.78, 5) is 23.1. The SMILES string of the molecule is COc1ccc(/C=N\NC(=O)c2cccc(C)c2)cc1C(=O)O. The molecule has 6 nitrogen and oxygen atoms in total. The van der Waals surface area contributed by atoms with Gasteiger partial charge in [-0.1, -0.05) is 17.7 Å². The van der Waals surface area contributed by atoms with Crippen LogP contribution in [0.25, 0.3) is 0 Å². The predicted octanol–water partition coefficient (Wildman–Crippen LogP) is 2.47. The molecule has 0 aliphatic carbocycles. The maximum Gasteiger partial charge on any atom is 0.339 e. The Labute approximate surface area is 133 Å². The molecule has 0 aliphatic rings. The van der Waals surface area contributed by atoms with E-state index in [1.807, 2.05) is 13.0 Å². The maximum absolute atomic E-state index is 11.9. The number of carbonyl (C=O) groups is 2. The van der Waals surface area contributed by atoms with Crippen LogP contribution in [0.2, 0.25) is 0 Å². The number of aromatic carboxylic acids is 1. The van der Waals surface area contributed by atoms with Gasteiger partial charge in [0.25, 0.3) is 5.91 Å². The standard InChI is InChI=1S/C17H16N2O4/c1-11-4-3-5-13(8-11)16(20)19-18-10-12-6-7-15(23-2)14(9-12)17(21)22/h3-10H,1-2H3,(H,19,20)(H,21,22)/b18-10-. The fourth-order valence-electron chi connectivity index (χ4n) is 1.99. The lowest BCUT2D eigenvalue weighted by Crippen LogP contribution is -2.17. The Hall–Kier alpha value is -3.15. The Kier molecular flexibility index (Phi) is 5.09. The first-order valence-electron chi connectivity index (χ1n) is 6.82. The quantitative estimate of drug-likeness (QED) is 0.656. The van der Waals surface area contributed by atoms with Crippen LogP contribution in [-0.2, 0) is 0 Å². The third kappa shape index (κ3) is 4.16. The first-order chi connectivity index (χ1) is 11.0. The van der Waals surface area contributed by atoms with Crippen LogP contribution in [0, 0.1) is 6.92 Å². The van der Waals surface area contributed by atoms with Crippen molar-refractivity contribution in [1.29, 1.82) is 0 Å². The van der Waals surface area contributed by atoms with Crippen molar-refractivity contribution in [2.75, 3.05) is 7.11 Å². The Morgan fingerprint density at radius 2 is 2.00 bits per heavy atom. The van der Waals surface area contributed by atoms with Crippen molar-refractivity contribution in [2.24, 2.45) is 5.10 Å². The Morgan fingerprint density at radius 1 is 1.22 bits per heavy atom. The predicted molar refractivity (Wildman–Crippen MR) is 86.2 cm³/mol. The highest BCUT2D eigenvalue weighted by Crippen LogP contribution is 2.19. The van der Waals surface area contributed by atoms with Gasteiger partial charge in [0.1, 0.15) is 11.3 Å². The van der Waals surface area contributed by atoms with Gasteiger partial charge < -0.3 is 9.84 Å². The van der Waals surface area contributed by atoms with Gasteiger partial charge in [0, 0.05) is 5.56 Å². The highest BCUT2D eigenvalue weighted by Gasteiger charge is 2.11. The van der Waals surface area contributed by atoms with Crippen LogP contribution in [0.5, 0.6) is 5.75 Å². The van der Waals surface area contributed by atoms with E-state index in [-0.39, 0.29) is 17.2 Å². The second-order valence-electron chi connectivity index (χ2n) is 4.83. The largest absolute Gasteiger partial charge is 0.496 e. The summed E-state index contributed by atoms with van der Waals surface area (Å²) >= 11 is 0. The Morgan fingerprint density at radius 3 is 2.65 bits per heavy atom. The van der Waals surface area contributed by atoms with Gasteiger partial charge in [-0.05, 0) is 42.8 Å². The lowest BCUT2D eigenvalue weighted by molar-refractivity contribution is 0.0693. The van der Waals surface area contributed by atoms with Crippen LogP contribution >= 0.6 is 0 Å². The van der Waals surface area contributed by atoms with E-state index in [0.29, 0.717) is 11.1 Å². The number of nitrogens with zero attached hydrogens (tertiary/aromatic N) is 1. The molecule has 0 heterocycles. The molecule has 2 rings (SSSR count). The van der Waals surface area contributed by atoms with Crippen molar-refractivity contribution in [3.05, 3.63) is 64.7 Å². The minimum absolute atomic E-state index is 0.0291. The normalized spacial score (nSPS) is 10.5. The molecule has 0 spiro atoms. The van der Waals surface area contributed by atoms with Gasteiger partial charge in [-0.15, -0.1) is 0 Å². The lowest BCUT2D eigenvalue weighted by atomic mass is 10.1. The number of aryl methyl sites for hydroxylation is 1. The van der Waals surface area contributed by atoms with E-state index in [1.54, 1.807) is 24.3 Å². The summed E-state index contributed by atoms with van der Waals surface area (Å²) in [6.45, 7) is 1.89. The van der Waals surface area contributed by atoms with Gasteiger partial charge in [0.15, 0.2) is 0 Å². The van der Waals surface area contributed by atoms with Gasteiger partial charge in [0.05, 0.1) is 13.3 Å². The van der Waals surface area contributed by atoms with Gasteiger partial charge in [0.2, 0.25) is 0 Å². The average Bonchev–Trinajstić information content (AvgIpc) is 2.54. The fraction of sp³-hybridized carbons (Fsp3) is 0.118. The summed E-state index contributed by atoms with van der Waals surface area (Å²) in [5, 5.41) is 13.0. The molecule has 0 aliphatic heterocycles. The number of benzene rings is 2. The smallest absolute Gasteiger partial charge is 0.339 e. The lowest BCUT2D eigenvalue weighted by Gasteiger charge is -2.05. The number of ether oxygens (including phenoxy) is 1. The molecule has 0 saturated heterocycles. The van der Waals surface area contributed by atoms with Crippen molar-refractivity contribution < 1.29 is 19.4 Å². The minimum Gasteiger partial charge on any atom is -0.496 e. The number of rotatable bonds is 5. The zero-order chi connectivity index (χ0) is 16.8. The molecule has 2 aromatic rings. The van der Waals surface area contributed by atoms with Gasteiger partial charge >= 0.3 is 5.97 Å². The molecule has 118 valence electrons. The number of hydrogen-bond acceptors (Lipinski definition) is 4. The van der Waals surface area contributed by atoms with E-state index in [2.05, 4.69) is 10.5 Å². The third-order valence-electron chi connectivity index (χ3n) is 3.11. The third-order valence-corrected chi connectivity index (χ3v) is 3.11. The molecule has 1 amide bonds. The van der Waals surface area contributed by atoms with Crippen LogP contribution in [0.4, 0.5) is 0 Å². The van der Waals surface area contributed by atoms with Crippen LogP contribution < -0.4 is 10.2 Å². The molecule has 6 heteroatoms. The second kappa shape index (κ2) is 7.22. The van der Waals surface area contributed by atoms with Gasteiger partial charge in [-0.2, -0.15) is 5.10 Å². The summed E-state index contributed by atoms with van der Waals surface area (Å²) in [6, 6.07) is 11.7. The molecule has 2 N–H and O–H groups in total. The van der Waals surface area contributed by atoms with E-state index in [0.717, 1.165) is 5.56 Å². The maximum atomic E-state index is 11.9.